The second-order valence-electron chi connectivity index (χ2n) is 2.86. The fourth-order valence-corrected chi connectivity index (χ4v) is 1.72. The summed E-state index contributed by atoms with van der Waals surface area (Å²) >= 11 is 1.57. The molecule has 2 aromatic rings. The largest absolute Gasteiger partial charge is 0.443 e. The van der Waals surface area contributed by atoms with Crippen LogP contribution in [-0.4, -0.2) is 10.9 Å². The normalized spacial score (nSPS) is 10.1. The molecule has 2 heterocycles. The summed E-state index contributed by atoms with van der Waals surface area (Å²) in [5.74, 6) is 0.654. The van der Waals surface area contributed by atoms with Crippen LogP contribution in [0.2, 0.25) is 0 Å². The standard InChI is InChI=1S/C9H10N4OS/c10-9(11)12-4-6-5-14-8(13-6)7-2-1-3-15-7/h1-3,5H,4H2,(H4,10,11,12). The highest BCUT2D eigenvalue weighted by molar-refractivity contribution is 7.13. The number of nitrogens with two attached hydrogens (primary N) is 2. The molecule has 6 heteroatoms. The lowest BCUT2D eigenvalue weighted by Gasteiger charge is -1.89. The number of aliphatic imine (C=N–C) groups is 1. The Morgan fingerprint density at radius 2 is 2.40 bits per heavy atom. The van der Waals surface area contributed by atoms with Crippen molar-refractivity contribution in [3.63, 3.8) is 0 Å². The van der Waals surface area contributed by atoms with E-state index in [4.69, 9.17) is 15.9 Å². The maximum absolute atomic E-state index is 5.29. The third-order valence-electron chi connectivity index (χ3n) is 1.71. The maximum atomic E-state index is 5.29. The van der Waals surface area contributed by atoms with Gasteiger partial charge in [-0.05, 0) is 11.4 Å². The van der Waals surface area contributed by atoms with Gasteiger partial charge in [0.2, 0.25) is 5.89 Å². The second kappa shape index (κ2) is 4.14. The van der Waals surface area contributed by atoms with Gasteiger partial charge in [-0.1, -0.05) is 6.07 Å². The fraction of sp³-hybridized carbons (Fsp3) is 0.111. The molecule has 78 valence electrons. The van der Waals surface area contributed by atoms with Crippen molar-refractivity contribution in [1.82, 2.24) is 4.98 Å². The lowest BCUT2D eigenvalue weighted by atomic mass is 10.4. The first-order chi connectivity index (χ1) is 7.25. The molecule has 2 rings (SSSR count). The van der Waals surface area contributed by atoms with E-state index < -0.39 is 0 Å². The predicted molar refractivity (Wildman–Crippen MR) is 59.3 cm³/mol. The monoisotopic (exact) mass is 222 g/mol. The average molecular weight is 222 g/mol. The van der Waals surface area contributed by atoms with Crippen LogP contribution in [0.15, 0.2) is 33.2 Å². The van der Waals surface area contributed by atoms with Gasteiger partial charge < -0.3 is 15.9 Å². The van der Waals surface area contributed by atoms with Gasteiger partial charge in [0.15, 0.2) is 5.96 Å². The summed E-state index contributed by atoms with van der Waals surface area (Å²) < 4.78 is 5.29. The molecule has 0 saturated carbocycles. The first-order valence-electron chi connectivity index (χ1n) is 4.29. The van der Waals surface area contributed by atoms with Gasteiger partial charge in [0.25, 0.3) is 0 Å². The second-order valence-corrected chi connectivity index (χ2v) is 3.81. The van der Waals surface area contributed by atoms with E-state index in [1.807, 2.05) is 17.5 Å². The molecule has 0 spiro atoms. The Kier molecular flexibility index (Phi) is 2.68. The molecule has 2 aromatic heterocycles. The highest BCUT2D eigenvalue weighted by Gasteiger charge is 2.06. The van der Waals surface area contributed by atoms with E-state index in [1.165, 1.54) is 0 Å². The molecule has 0 atom stereocenters. The van der Waals surface area contributed by atoms with Crippen molar-refractivity contribution < 1.29 is 4.42 Å². The Morgan fingerprint density at radius 1 is 1.53 bits per heavy atom. The summed E-state index contributed by atoms with van der Waals surface area (Å²) in [5.41, 5.74) is 11.1. The van der Waals surface area contributed by atoms with Crippen LogP contribution in [0.4, 0.5) is 0 Å². The highest BCUT2D eigenvalue weighted by Crippen LogP contribution is 2.23. The van der Waals surface area contributed by atoms with Crippen molar-refractivity contribution in [3.8, 4) is 10.8 Å². The van der Waals surface area contributed by atoms with Gasteiger partial charge in [0.05, 0.1) is 11.4 Å². The number of guanidine groups is 1. The molecule has 5 nitrogen and oxygen atoms in total. The Hall–Kier alpha value is -1.82. The van der Waals surface area contributed by atoms with Crippen LogP contribution >= 0.6 is 11.3 Å². The molecule has 15 heavy (non-hydrogen) atoms. The summed E-state index contributed by atoms with van der Waals surface area (Å²) in [6.07, 6.45) is 1.56. The van der Waals surface area contributed by atoms with Crippen molar-refractivity contribution in [1.29, 1.82) is 0 Å². The number of oxazole rings is 1. The molecule has 0 radical (unpaired) electrons. The van der Waals surface area contributed by atoms with Gasteiger partial charge in [-0.25, -0.2) is 9.98 Å². The number of rotatable bonds is 3. The van der Waals surface area contributed by atoms with E-state index >= 15 is 0 Å². The molecule has 0 bridgehead atoms. The number of hydrogen-bond acceptors (Lipinski definition) is 4. The first kappa shape index (κ1) is 9.72. The predicted octanol–water partition coefficient (Wildman–Crippen LogP) is 1.18. The molecule has 0 aliphatic heterocycles. The molecule has 0 aliphatic rings. The third kappa shape index (κ3) is 2.35. The number of aromatic nitrogens is 1. The van der Waals surface area contributed by atoms with E-state index in [1.54, 1.807) is 17.6 Å². The van der Waals surface area contributed by atoms with E-state index in [0.717, 1.165) is 4.88 Å². The minimum absolute atomic E-state index is 0.0515. The van der Waals surface area contributed by atoms with Gasteiger partial charge in [0, 0.05) is 0 Å². The Balaban J connectivity index is 2.14. The van der Waals surface area contributed by atoms with Crippen LogP contribution in [0.3, 0.4) is 0 Å². The topological polar surface area (TPSA) is 90.4 Å². The van der Waals surface area contributed by atoms with Gasteiger partial charge in [-0.3, -0.25) is 0 Å². The molecular formula is C9H10N4OS. The van der Waals surface area contributed by atoms with E-state index in [-0.39, 0.29) is 5.96 Å². The maximum Gasteiger partial charge on any atom is 0.236 e. The van der Waals surface area contributed by atoms with E-state index in [2.05, 4.69) is 9.98 Å². The van der Waals surface area contributed by atoms with Crippen LogP contribution in [0.1, 0.15) is 5.69 Å². The first-order valence-corrected chi connectivity index (χ1v) is 5.17. The Bertz CT molecular complexity index is 456. The van der Waals surface area contributed by atoms with Crippen molar-refractivity contribution in [2.45, 2.75) is 6.54 Å². The van der Waals surface area contributed by atoms with E-state index in [0.29, 0.717) is 18.1 Å². The molecule has 0 saturated heterocycles. The SMILES string of the molecule is NC(N)=NCc1coc(-c2cccs2)n1. The quantitative estimate of drug-likeness (QED) is 0.602. The summed E-state index contributed by atoms with van der Waals surface area (Å²) in [7, 11) is 0. The van der Waals surface area contributed by atoms with E-state index in [9.17, 15) is 0 Å². The van der Waals surface area contributed by atoms with Gasteiger partial charge in [-0.2, -0.15) is 0 Å². The molecule has 0 aromatic carbocycles. The van der Waals surface area contributed by atoms with Crippen LogP contribution in [0.25, 0.3) is 10.8 Å². The zero-order valence-electron chi connectivity index (χ0n) is 7.88. The molecule has 4 N–H and O–H groups in total. The summed E-state index contributed by atoms with van der Waals surface area (Å²) in [4.78, 5) is 9.08. The molecule has 0 unspecified atom stereocenters. The average Bonchev–Trinajstić information content (AvgIpc) is 2.85. The van der Waals surface area contributed by atoms with Crippen molar-refractivity contribution in [3.05, 3.63) is 29.5 Å². The van der Waals surface area contributed by atoms with Gasteiger partial charge in [0.1, 0.15) is 12.0 Å². The molecular weight excluding hydrogens is 212 g/mol. The smallest absolute Gasteiger partial charge is 0.236 e. The summed E-state index contributed by atoms with van der Waals surface area (Å²) in [5, 5.41) is 1.97. The Morgan fingerprint density at radius 3 is 3.07 bits per heavy atom. The van der Waals surface area contributed by atoms with Crippen LogP contribution in [0.5, 0.6) is 0 Å². The number of hydrogen-bond donors (Lipinski definition) is 2. The highest BCUT2D eigenvalue weighted by atomic mass is 32.1. The summed E-state index contributed by atoms with van der Waals surface area (Å²) in [6, 6.07) is 3.89. The van der Waals surface area contributed by atoms with Gasteiger partial charge >= 0.3 is 0 Å². The lowest BCUT2D eigenvalue weighted by molar-refractivity contribution is 0.574. The zero-order chi connectivity index (χ0) is 10.7. The summed E-state index contributed by atoms with van der Waals surface area (Å²) in [6.45, 7) is 0.344. The third-order valence-corrected chi connectivity index (χ3v) is 2.57. The minimum Gasteiger partial charge on any atom is -0.443 e. The lowest BCUT2D eigenvalue weighted by Crippen LogP contribution is -2.22. The fourth-order valence-electron chi connectivity index (χ4n) is 1.07. The molecule has 0 fully saturated rings. The Labute approximate surface area is 90.4 Å². The minimum atomic E-state index is 0.0515. The van der Waals surface area contributed by atoms with Crippen LogP contribution in [-0.2, 0) is 6.54 Å². The van der Waals surface area contributed by atoms with Crippen molar-refractivity contribution >= 4 is 17.3 Å². The van der Waals surface area contributed by atoms with Crippen LogP contribution in [0, 0.1) is 0 Å². The zero-order valence-corrected chi connectivity index (χ0v) is 8.70. The molecule has 0 amide bonds. The van der Waals surface area contributed by atoms with Crippen molar-refractivity contribution in [2.24, 2.45) is 16.5 Å². The van der Waals surface area contributed by atoms with Crippen molar-refractivity contribution in [2.75, 3.05) is 0 Å². The van der Waals surface area contributed by atoms with Crippen LogP contribution < -0.4 is 11.5 Å². The van der Waals surface area contributed by atoms with Gasteiger partial charge in [-0.15, -0.1) is 11.3 Å². The number of nitrogens with zero attached hydrogens (tertiary/aromatic N) is 2. The molecule has 0 aliphatic carbocycles. The number of thiophene rings is 1.